The van der Waals surface area contributed by atoms with E-state index in [-0.39, 0.29) is 11.9 Å². The first-order valence-electron chi connectivity index (χ1n) is 11.4. The molecule has 2 aliphatic rings. The van der Waals surface area contributed by atoms with Crippen molar-refractivity contribution in [1.29, 1.82) is 0 Å². The lowest BCUT2D eigenvalue weighted by molar-refractivity contribution is -0.134. The number of piperidine rings is 1. The van der Waals surface area contributed by atoms with Crippen LogP contribution in [0, 0.1) is 12.8 Å². The Morgan fingerprint density at radius 1 is 1.06 bits per heavy atom. The van der Waals surface area contributed by atoms with E-state index in [1.807, 2.05) is 19.1 Å². The zero-order valence-corrected chi connectivity index (χ0v) is 18.9. The largest absolute Gasteiger partial charge is 0.494 e. The highest BCUT2D eigenvalue weighted by Crippen LogP contribution is 2.34. The molecule has 2 aromatic carbocycles. The van der Waals surface area contributed by atoms with Crippen LogP contribution in [0.1, 0.15) is 55.8 Å². The Kier molecular flexibility index (Phi) is 6.71. The quantitative estimate of drug-likeness (QED) is 0.675. The molecule has 0 bridgehead atoms. The van der Waals surface area contributed by atoms with Gasteiger partial charge in [0, 0.05) is 6.42 Å². The van der Waals surface area contributed by atoms with E-state index < -0.39 is 0 Å². The molecule has 0 radical (unpaired) electrons. The highest BCUT2D eigenvalue weighted by atomic mass is 16.5. The number of rotatable bonds is 6. The summed E-state index contributed by atoms with van der Waals surface area (Å²) in [5, 5.41) is 6.55. The zero-order valence-electron chi connectivity index (χ0n) is 18.9. The molecule has 1 amide bonds. The van der Waals surface area contributed by atoms with Crippen molar-refractivity contribution in [1.82, 2.24) is 9.91 Å². The molecule has 2 heterocycles. The second-order valence-electron chi connectivity index (χ2n) is 8.83. The van der Waals surface area contributed by atoms with Crippen LogP contribution in [0.4, 0.5) is 0 Å². The van der Waals surface area contributed by atoms with Crippen LogP contribution in [0.15, 0.2) is 53.6 Å². The average molecular weight is 420 g/mol. The van der Waals surface area contributed by atoms with Crippen molar-refractivity contribution in [3.05, 3.63) is 65.2 Å². The summed E-state index contributed by atoms with van der Waals surface area (Å²) in [6.07, 6.45) is 3.04. The van der Waals surface area contributed by atoms with Crippen LogP contribution in [-0.4, -0.2) is 47.8 Å². The first-order chi connectivity index (χ1) is 15.0. The third-order valence-corrected chi connectivity index (χ3v) is 6.36. The first-order valence-corrected chi connectivity index (χ1v) is 11.4. The maximum absolute atomic E-state index is 13.3. The molecule has 2 aromatic rings. The van der Waals surface area contributed by atoms with E-state index >= 15 is 0 Å². The van der Waals surface area contributed by atoms with E-state index in [2.05, 4.69) is 55.1 Å². The minimum absolute atomic E-state index is 0.0792. The summed E-state index contributed by atoms with van der Waals surface area (Å²) in [5.74, 6) is 1.68. The Morgan fingerprint density at radius 2 is 1.74 bits per heavy atom. The van der Waals surface area contributed by atoms with E-state index in [1.165, 1.54) is 5.56 Å². The van der Waals surface area contributed by atoms with Gasteiger partial charge >= 0.3 is 0 Å². The molecule has 1 fully saturated rings. The van der Waals surface area contributed by atoms with Gasteiger partial charge in [-0.15, -0.1) is 0 Å². The van der Waals surface area contributed by atoms with Gasteiger partial charge in [-0.25, -0.2) is 5.01 Å². The molecule has 4 rings (SSSR count). The van der Waals surface area contributed by atoms with Crippen LogP contribution in [0.2, 0.25) is 0 Å². The molecule has 2 aliphatic heterocycles. The summed E-state index contributed by atoms with van der Waals surface area (Å²) in [7, 11) is 0. The van der Waals surface area contributed by atoms with Crippen molar-refractivity contribution in [2.24, 2.45) is 11.0 Å². The molecule has 31 heavy (non-hydrogen) atoms. The van der Waals surface area contributed by atoms with Crippen LogP contribution in [-0.2, 0) is 4.79 Å². The van der Waals surface area contributed by atoms with Gasteiger partial charge in [-0.3, -0.25) is 9.69 Å². The molecular weight excluding hydrogens is 386 g/mol. The number of hydrogen-bond acceptors (Lipinski definition) is 4. The number of carbonyl (C=O) groups is 1. The first kappa shape index (κ1) is 21.6. The van der Waals surface area contributed by atoms with Crippen molar-refractivity contribution < 1.29 is 9.53 Å². The number of amides is 1. The lowest BCUT2D eigenvalue weighted by Crippen LogP contribution is -2.41. The predicted octanol–water partition coefficient (Wildman–Crippen LogP) is 4.80. The van der Waals surface area contributed by atoms with Crippen molar-refractivity contribution in [2.75, 3.05) is 26.2 Å². The monoisotopic (exact) mass is 419 g/mol. The fraction of sp³-hybridized carbons (Fsp3) is 0.462. The number of likely N-dealkylation sites (tertiary alicyclic amines) is 1. The van der Waals surface area contributed by atoms with E-state index in [9.17, 15) is 4.79 Å². The minimum Gasteiger partial charge on any atom is -0.494 e. The molecule has 164 valence electrons. The maximum Gasteiger partial charge on any atom is 0.257 e. The molecule has 5 nitrogen and oxygen atoms in total. The van der Waals surface area contributed by atoms with Gasteiger partial charge in [0.05, 0.1) is 24.9 Å². The van der Waals surface area contributed by atoms with Gasteiger partial charge < -0.3 is 4.74 Å². The number of hydrazone groups is 1. The van der Waals surface area contributed by atoms with Crippen LogP contribution >= 0.6 is 0 Å². The second kappa shape index (κ2) is 9.65. The molecule has 0 N–H and O–H groups in total. The van der Waals surface area contributed by atoms with Gasteiger partial charge in [-0.05, 0) is 69.0 Å². The van der Waals surface area contributed by atoms with Crippen molar-refractivity contribution >= 4 is 11.6 Å². The summed E-state index contributed by atoms with van der Waals surface area (Å²) in [5.41, 5.74) is 4.37. The molecule has 0 aliphatic carbocycles. The molecule has 0 unspecified atom stereocenters. The van der Waals surface area contributed by atoms with E-state index in [0.29, 0.717) is 13.2 Å². The number of nitrogens with zero attached hydrogens (tertiary/aromatic N) is 3. The van der Waals surface area contributed by atoms with Gasteiger partial charge in [0.25, 0.3) is 5.91 Å². The van der Waals surface area contributed by atoms with Gasteiger partial charge in [0.1, 0.15) is 5.75 Å². The minimum atomic E-state index is -0.0804. The highest BCUT2D eigenvalue weighted by Gasteiger charge is 2.34. The lowest BCUT2D eigenvalue weighted by Gasteiger charge is -2.31. The molecule has 0 spiro atoms. The fourth-order valence-electron chi connectivity index (χ4n) is 4.36. The summed E-state index contributed by atoms with van der Waals surface area (Å²) in [6, 6.07) is 16.4. The number of carbonyl (C=O) groups excluding carboxylic acids is 1. The molecule has 1 atom stereocenters. The van der Waals surface area contributed by atoms with Crippen LogP contribution in [0.3, 0.4) is 0 Å². The third-order valence-electron chi connectivity index (χ3n) is 6.36. The van der Waals surface area contributed by atoms with Crippen LogP contribution in [0.5, 0.6) is 5.75 Å². The van der Waals surface area contributed by atoms with Crippen LogP contribution in [0.25, 0.3) is 0 Å². The molecule has 0 aromatic heterocycles. The average Bonchev–Trinajstić information content (AvgIpc) is 3.22. The van der Waals surface area contributed by atoms with Crippen molar-refractivity contribution in [2.45, 2.75) is 46.1 Å². The van der Waals surface area contributed by atoms with Crippen LogP contribution < -0.4 is 4.74 Å². The third kappa shape index (κ3) is 5.16. The summed E-state index contributed by atoms with van der Waals surface area (Å²) in [6.45, 7) is 9.41. The molecule has 5 heteroatoms. The maximum atomic E-state index is 13.3. The Labute approximate surface area is 185 Å². The van der Waals surface area contributed by atoms with Gasteiger partial charge in [0.2, 0.25) is 0 Å². The topological polar surface area (TPSA) is 45.1 Å². The molecule has 1 saturated heterocycles. The van der Waals surface area contributed by atoms with Gasteiger partial charge in [-0.1, -0.05) is 48.9 Å². The van der Waals surface area contributed by atoms with E-state index in [0.717, 1.165) is 60.9 Å². The number of benzene rings is 2. The van der Waals surface area contributed by atoms with E-state index in [1.54, 1.807) is 5.01 Å². The van der Waals surface area contributed by atoms with Gasteiger partial charge in [-0.2, -0.15) is 5.10 Å². The Hall–Kier alpha value is -2.66. The SMILES string of the molecule is CCOc1ccc([C@@H]2CC(c3ccc(C)cc3)=NN2C(=O)CN2CCC(C)CC2)cc1. The zero-order chi connectivity index (χ0) is 21.8. The van der Waals surface area contributed by atoms with Crippen molar-refractivity contribution in [3.63, 3.8) is 0 Å². The normalized spacial score (nSPS) is 20.0. The number of hydrogen-bond donors (Lipinski definition) is 0. The smallest absolute Gasteiger partial charge is 0.257 e. The lowest BCUT2D eigenvalue weighted by atomic mass is 9.97. The van der Waals surface area contributed by atoms with E-state index in [4.69, 9.17) is 9.84 Å². The Balaban J connectivity index is 1.56. The van der Waals surface area contributed by atoms with Crippen molar-refractivity contribution in [3.8, 4) is 5.75 Å². The predicted molar refractivity (Wildman–Crippen MR) is 124 cm³/mol. The highest BCUT2D eigenvalue weighted by molar-refractivity contribution is 6.03. The molecular formula is C26H33N3O2. The standard InChI is InChI=1S/C26H33N3O2/c1-4-31-23-11-9-22(10-12-23)25-17-24(21-7-5-19(2)6-8-21)27-29(25)26(30)18-28-15-13-20(3)14-16-28/h5-12,20,25H,4,13-18H2,1-3H3/t25-/m0/s1. The Morgan fingerprint density at radius 3 is 2.39 bits per heavy atom. The summed E-state index contributed by atoms with van der Waals surface area (Å²) in [4.78, 5) is 15.6. The van der Waals surface area contributed by atoms with Gasteiger partial charge in [0.15, 0.2) is 0 Å². The number of ether oxygens (including phenoxy) is 1. The number of aryl methyl sites for hydroxylation is 1. The molecule has 0 saturated carbocycles. The fourth-order valence-corrected chi connectivity index (χ4v) is 4.36. The summed E-state index contributed by atoms with van der Waals surface area (Å²) < 4.78 is 5.59. The summed E-state index contributed by atoms with van der Waals surface area (Å²) >= 11 is 0. The Bertz CT molecular complexity index is 913. The second-order valence-corrected chi connectivity index (χ2v) is 8.83.